The van der Waals surface area contributed by atoms with Crippen LogP contribution in [-0.4, -0.2) is 25.3 Å². The standard InChI is InChI=1S/C14H31NO/c1-7-10-15-13(8-2)12(3)16-11-9-14(4,5)6/h12-13,15H,7-11H2,1-6H3. The van der Waals surface area contributed by atoms with E-state index < -0.39 is 0 Å². The lowest BCUT2D eigenvalue weighted by molar-refractivity contribution is 0.0245. The molecule has 0 bridgehead atoms. The number of rotatable bonds is 8. The quantitative estimate of drug-likeness (QED) is 0.686. The summed E-state index contributed by atoms with van der Waals surface area (Å²) in [6, 6.07) is 0.500. The Balaban J connectivity index is 3.79. The van der Waals surface area contributed by atoms with Gasteiger partial charge in [0.15, 0.2) is 0 Å². The van der Waals surface area contributed by atoms with Gasteiger partial charge >= 0.3 is 0 Å². The van der Waals surface area contributed by atoms with Crippen LogP contribution in [-0.2, 0) is 4.74 Å². The zero-order valence-corrected chi connectivity index (χ0v) is 12.1. The van der Waals surface area contributed by atoms with E-state index in [0.29, 0.717) is 17.6 Å². The van der Waals surface area contributed by atoms with Gasteiger partial charge in [-0.2, -0.15) is 0 Å². The molecule has 0 aromatic rings. The van der Waals surface area contributed by atoms with Crippen LogP contribution in [0.3, 0.4) is 0 Å². The average Bonchev–Trinajstić information content (AvgIpc) is 2.17. The maximum atomic E-state index is 5.91. The van der Waals surface area contributed by atoms with Gasteiger partial charge in [-0.25, -0.2) is 0 Å². The van der Waals surface area contributed by atoms with Gasteiger partial charge < -0.3 is 10.1 Å². The maximum Gasteiger partial charge on any atom is 0.0699 e. The highest BCUT2D eigenvalue weighted by atomic mass is 16.5. The van der Waals surface area contributed by atoms with Gasteiger partial charge in [0.2, 0.25) is 0 Å². The molecular weight excluding hydrogens is 198 g/mol. The van der Waals surface area contributed by atoms with E-state index in [1.165, 1.54) is 6.42 Å². The van der Waals surface area contributed by atoms with Crippen LogP contribution in [0.25, 0.3) is 0 Å². The predicted molar refractivity (Wildman–Crippen MR) is 71.9 cm³/mol. The van der Waals surface area contributed by atoms with Crippen LogP contribution >= 0.6 is 0 Å². The van der Waals surface area contributed by atoms with Gasteiger partial charge in [0, 0.05) is 12.6 Å². The second-order valence-electron chi connectivity index (χ2n) is 5.86. The molecule has 0 aromatic carbocycles. The molecule has 0 aromatic heterocycles. The Morgan fingerprint density at radius 2 is 1.81 bits per heavy atom. The van der Waals surface area contributed by atoms with E-state index in [4.69, 9.17) is 4.74 Å². The normalized spacial score (nSPS) is 16.1. The van der Waals surface area contributed by atoms with Crippen molar-refractivity contribution in [2.24, 2.45) is 5.41 Å². The highest BCUT2D eigenvalue weighted by Gasteiger charge is 2.16. The molecule has 2 nitrogen and oxygen atoms in total. The maximum absolute atomic E-state index is 5.91. The summed E-state index contributed by atoms with van der Waals surface area (Å²) >= 11 is 0. The van der Waals surface area contributed by atoms with Crippen LogP contribution in [0, 0.1) is 5.41 Å². The highest BCUT2D eigenvalue weighted by molar-refractivity contribution is 4.72. The first-order chi connectivity index (χ1) is 7.40. The third-order valence-corrected chi connectivity index (χ3v) is 2.90. The minimum atomic E-state index is 0.318. The minimum Gasteiger partial charge on any atom is -0.377 e. The molecule has 0 fully saturated rings. The van der Waals surface area contributed by atoms with Crippen molar-refractivity contribution in [2.45, 2.75) is 73.0 Å². The summed E-state index contributed by atoms with van der Waals surface area (Å²) in [6.45, 7) is 15.3. The van der Waals surface area contributed by atoms with Crippen molar-refractivity contribution in [2.75, 3.05) is 13.2 Å². The van der Waals surface area contributed by atoms with Crippen molar-refractivity contribution in [1.29, 1.82) is 0 Å². The van der Waals surface area contributed by atoms with Crippen molar-refractivity contribution in [1.82, 2.24) is 5.32 Å². The third-order valence-electron chi connectivity index (χ3n) is 2.90. The molecule has 16 heavy (non-hydrogen) atoms. The number of hydrogen-bond donors (Lipinski definition) is 1. The van der Waals surface area contributed by atoms with Gasteiger partial charge in [-0.05, 0) is 38.1 Å². The Labute approximate surface area is 102 Å². The lowest BCUT2D eigenvalue weighted by Gasteiger charge is -2.26. The number of hydrogen-bond acceptors (Lipinski definition) is 2. The van der Waals surface area contributed by atoms with Crippen LogP contribution in [0.2, 0.25) is 0 Å². The summed E-state index contributed by atoms with van der Waals surface area (Å²) in [6.07, 6.45) is 3.77. The van der Waals surface area contributed by atoms with Crippen molar-refractivity contribution in [3.63, 3.8) is 0 Å². The minimum absolute atomic E-state index is 0.318. The van der Waals surface area contributed by atoms with E-state index in [9.17, 15) is 0 Å². The van der Waals surface area contributed by atoms with E-state index in [-0.39, 0.29) is 0 Å². The van der Waals surface area contributed by atoms with E-state index in [0.717, 1.165) is 26.0 Å². The second-order valence-corrected chi connectivity index (χ2v) is 5.86. The van der Waals surface area contributed by atoms with Crippen molar-refractivity contribution in [3.8, 4) is 0 Å². The molecule has 0 radical (unpaired) electrons. The van der Waals surface area contributed by atoms with Gasteiger partial charge in [-0.3, -0.25) is 0 Å². The molecule has 2 atom stereocenters. The molecule has 0 rings (SSSR count). The first-order valence-corrected chi connectivity index (χ1v) is 6.75. The monoisotopic (exact) mass is 229 g/mol. The van der Waals surface area contributed by atoms with Gasteiger partial charge in [0.25, 0.3) is 0 Å². The third kappa shape index (κ3) is 8.12. The number of ether oxygens (including phenoxy) is 1. The van der Waals surface area contributed by atoms with Crippen molar-refractivity contribution >= 4 is 0 Å². The Morgan fingerprint density at radius 3 is 2.25 bits per heavy atom. The lowest BCUT2D eigenvalue weighted by atomic mass is 9.93. The molecule has 0 spiro atoms. The molecule has 0 aliphatic heterocycles. The first-order valence-electron chi connectivity index (χ1n) is 6.75. The fourth-order valence-electron chi connectivity index (χ4n) is 1.64. The van der Waals surface area contributed by atoms with E-state index in [2.05, 4.69) is 46.9 Å². The average molecular weight is 229 g/mol. The second kappa shape index (κ2) is 8.08. The molecule has 0 saturated heterocycles. The Kier molecular flexibility index (Phi) is 8.04. The molecule has 2 unspecified atom stereocenters. The Morgan fingerprint density at radius 1 is 1.19 bits per heavy atom. The molecule has 1 N–H and O–H groups in total. The zero-order chi connectivity index (χ0) is 12.6. The van der Waals surface area contributed by atoms with Crippen LogP contribution in [0.1, 0.15) is 60.8 Å². The van der Waals surface area contributed by atoms with E-state index in [1.807, 2.05) is 0 Å². The molecule has 0 amide bonds. The smallest absolute Gasteiger partial charge is 0.0699 e. The summed E-state index contributed by atoms with van der Waals surface area (Å²) in [5, 5.41) is 3.54. The molecule has 0 saturated carbocycles. The predicted octanol–water partition coefficient (Wildman–Crippen LogP) is 3.61. The summed E-state index contributed by atoms with van der Waals surface area (Å²) in [5.74, 6) is 0. The van der Waals surface area contributed by atoms with Crippen LogP contribution < -0.4 is 5.32 Å². The molecule has 98 valence electrons. The Hall–Kier alpha value is -0.0800. The van der Waals surface area contributed by atoms with Crippen molar-refractivity contribution < 1.29 is 4.74 Å². The first kappa shape index (κ1) is 15.9. The molecule has 0 aliphatic carbocycles. The SMILES string of the molecule is CCCNC(CC)C(C)OCCC(C)(C)C. The fraction of sp³-hybridized carbons (Fsp3) is 1.00. The highest BCUT2D eigenvalue weighted by Crippen LogP contribution is 2.18. The largest absolute Gasteiger partial charge is 0.377 e. The summed E-state index contributed by atoms with van der Waals surface area (Å²) in [4.78, 5) is 0. The van der Waals surface area contributed by atoms with Crippen LogP contribution in [0.4, 0.5) is 0 Å². The zero-order valence-electron chi connectivity index (χ0n) is 12.1. The fourth-order valence-corrected chi connectivity index (χ4v) is 1.64. The van der Waals surface area contributed by atoms with Gasteiger partial charge in [-0.15, -0.1) is 0 Å². The lowest BCUT2D eigenvalue weighted by Crippen LogP contribution is -2.40. The topological polar surface area (TPSA) is 21.3 Å². The molecule has 0 aliphatic rings. The summed E-state index contributed by atoms with van der Waals surface area (Å²) in [7, 11) is 0. The van der Waals surface area contributed by atoms with Crippen LogP contribution in [0.5, 0.6) is 0 Å². The Bertz CT molecular complexity index is 163. The van der Waals surface area contributed by atoms with Crippen LogP contribution in [0.15, 0.2) is 0 Å². The van der Waals surface area contributed by atoms with Gasteiger partial charge in [0.1, 0.15) is 0 Å². The van der Waals surface area contributed by atoms with E-state index >= 15 is 0 Å². The van der Waals surface area contributed by atoms with Crippen molar-refractivity contribution in [3.05, 3.63) is 0 Å². The molecular formula is C14H31NO. The van der Waals surface area contributed by atoms with E-state index in [1.54, 1.807) is 0 Å². The molecule has 2 heteroatoms. The summed E-state index contributed by atoms with van der Waals surface area (Å²) in [5.41, 5.74) is 0.373. The number of nitrogens with one attached hydrogen (secondary N) is 1. The molecule has 0 heterocycles. The van der Waals surface area contributed by atoms with Gasteiger partial charge in [-0.1, -0.05) is 34.6 Å². The van der Waals surface area contributed by atoms with Gasteiger partial charge in [0.05, 0.1) is 6.10 Å². The summed E-state index contributed by atoms with van der Waals surface area (Å²) < 4.78 is 5.91.